The Morgan fingerprint density at radius 3 is 2.79 bits per heavy atom. The van der Waals surface area contributed by atoms with Gasteiger partial charge in [-0.15, -0.1) is 5.10 Å². The highest BCUT2D eigenvalue weighted by Crippen LogP contribution is 2.18. The molecule has 0 bridgehead atoms. The number of hydrogen-bond acceptors (Lipinski definition) is 4. The molecular formula is C8H8N6. The van der Waals surface area contributed by atoms with Gasteiger partial charge in [-0.05, 0) is 0 Å². The van der Waals surface area contributed by atoms with Crippen LogP contribution in [0, 0.1) is 11.3 Å². The molecule has 2 rings (SSSR count). The first-order valence-electron chi connectivity index (χ1n) is 4.00. The monoisotopic (exact) mass is 188 g/mol. The molecule has 0 aliphatic heterocycles. The van der Waals surface area contributed by atoms with Crippen molar-refractivity contribution >= 4 is 0 Å². The first-order valence-corrected chi connectivity index (χ1v) is 4.00. The van der Waals surface area contributed by atoms with Crippen LogP contribution in [0.5, 0.6) is 0 Å². The maximum Gasteiger partial charge on any atom is 0.168 e. The summed E-state index contributed by atoms with van der Waals surface area (Å²) in [4.78, 5) is 3.94. The van der Waals surface area contributed by atoms with Gasteiger partial charge in [-0.1, -0.05) is 5.21 Å². The Morgan fingerprint density at radius 1 is 1.43 bits per heavy atom. The zero-order chi connectivity index (χ0) is 10.1. The lowest BCUT2D eigenvalue weighted by atomic mass is 10.3. The van der Waals surface area contributed by atoms with Gasteiger partial charge in [-0.3, -0.25) is 4.68 Å². The number of aryl methyl sites for hydroxylation is 2. The minimum atomic E-state index is 0.369. The van der Waals surface area contributed by atoms with Gasteiger partial charge in [0.25, 0.3) is 0 Å². The van der Waals surface area contributed by atoms with Crippen molar-refractivity contribution < 1.29 is 0 Å². The van der Waals surface area contributed by atoms with Crippen LogP contribution in [0.2, 0.25) is 0 Å². The van der Waals surface area contributed by atoms with E-state index in [9.17, 15) is 0 Å². The molecule has 0 unspecified atom stereocenters. The lowest BCUT2D eigenvalue weighted by molar-refractivity contribution is 0.715. The molecule has 0 radical (unpaired) electrons. The summed E-state index contributed by atoms with van der Waals surface area (Å²) in [5.41, 5.74) is 1.72. The van der Waals surface area contributed by atoms with Crippen molar-refractivity contribution in [2.45, 2.75) is 0 Å². The third-order valence-electron chi connectivity index (χ3n) is 1.89. The van der Waals surface area contributed by atoms with Crippen LogP contribution < -0.4 is 0 Å². The van der Waals surface area contributed by atoms with Crippen LogP contribution in [0.3, 0.4) is 0 Å². The van der Waals surface area contributed by atoms with Gasteiger partial charge in [0, 0.05) is 14.1 Å². The second-order valence-electron chi connectivity index (χ2n) is 2.94. The summed E-state index contributed by atoms with van der Waals surface area (Å²) in [5.74, 6) is 0. The molecule has 0 atom stereocenters. The molecule has 0 spiro atoms. The maximum atomic E-state index is 8.82. The van der Waals surface area contributed by atoms with Gasteiger partial charge in [-0.2, -0.15) is 5.26 Å². The SMILES string of the molecule is Cn1cc(-c2c(C#N)ncn2C)nn1. The molecule has 70 valence electrons. The van der Waals surface area contributed by atoms with Gasteiger partial charge in [-0.25, -0.2) is 4.98 Å². The minimum absolute atomic E-state index is 0.369. The van der Waals surface area contributed by atoms with Gasteiger partial charge in [0.2, 0.25) is 0 Å². The topological polar surface area (TPSA) is 72.3 Å². The van der Waals surface area contributed by atoms with Crippen molar-refractivity contribution in [3.63, 3.8) is 0 Å². The fourth-order valence-electron chi connectivity index (χ4n) is 1.27. The zero-order valence-electron chi connectivity index (χ0n) is 7.84. The van der Waals surface area contributed by atoms with E-state index in [-0.39, 0.29) is 0 Å². The molecule has 6 heteroatoms. The van der Waals surface area contributed by atoms with E-state index in [0.717, 1.165) is 0 Å². The molecule has 2 aromatic heterocycles. The predicted octanol–water partition coefficient (Wildman–Crippen LogP) is 0.0873. The average Bonchev–Trinajstić information content (AvgIpc) is 2.71. The van der Waals surface area contributed by atoms with E-state index in [1.165, 1.54) is 0 Å². The van der Waals surface area contributed by atoms with E-state index in [1.54, 1.807) is 28.8 Å². The Labute approximate surface area is 80.4 Å². The number of nitrogens with zero attached hydrogens (tertiary/aromatic N) is 6. The van der Waals surface area contributed by atoms with Crippen LogP contribution in [0.15, 0.2) is 12.5 Å². The van der Waals surface area contributed by atoms with Crippen LogP contribution in [0.25, 0.3) is 11.4 Å². The molecule has 0 aliphatic carbocycles. The summed E-state index contributed by atoms with van der Waals surface area (Å²) < 4.78 is 3.34. The van der Waals surface area contributed by atoms with Crippen molar-refractivity contribution in [3.8, 4) is 17.5 Å². The molecule has 6 nitrogen and oxygen atoms in total. The summed E-state index contributed by atoms with van der Waals surface area (Å²) in [5, 5.41) is 16.6. The Morgan fingerprint density at radius 2 is 2.21 bits per heavy atom. The minimum Gasteiger partial charge on any atom is -0.331 e. The van der Waals surface area contributed by atoms with Crippen molar-refractivity contribution in [1.29, 1.82) is 5.26 Å². The molecular weight excluding hydrogens is 180 g/mol. The van der Waals surface area contributed by atoms with E-state index < -0.39 is 0 Å². The molecule has 14 heavy (non-hydrogen) atoms. The van der Waals surface area contributed by atoms with E-state index in [4.69, 9.17) is 5.26 Å². The fraction of sp³-hybridized carbons (Fsp3) is 0.250. The van der Waals surface area contributed by atoms with Crippen LogP contribution in [-0.4, -0.2) is 24.5 Å². The van der Waals surface area contributed by atoms with Crippen LogP contribution in [0.4, 0.5) is 0 Å². The second kappa shape index (κ2) is 2.96. The number of hydrogen-bond donors (Lipinski definition) is 0. The van der Waals surface area contributed by atoms with Gasteiger partial charge in [0.15, 0.2) is 5.69 Å². The Balaban J connectivity index is 2.61. The molecule has 0 saturated carbocycles. The van der Waals surface area contributed by atoms with Gasteiger partial charge in [0.1, 0.15) is 17.5 Å². The van der Waals surface area contributed by atoms with E-state index >= 15 is 0 Å². The van der Waals surface area contributed by atoms with Crippen LogP contribution in [0.1, 0.15) is 5.69 Å². The van der Waals surface area contributed by atoms with Crippen LogP contribution in [-0.2, 0) is 14.1 Å². The Bertz CT molecular complexity index is 500. The molecule has 0 amide bonds. The largest absolute Gasteiger partial charge is 0.331 e. The molecule has 0 aromatic carbocycles. The van der Waals surface area contributed by atoms with Crippen molar-refractivity contribution in [2.24, 2.45) is 14.1 Å². The Kier molecular flexibility index (Phi) is 1.78. The van der Waals surface area contributed by atoms with Crippen molar-refractivity contribution in [3.05, 3.63) is 18.2 Å². The summed E-state index contributed by atoms with van der Waals surface area (Å²) in [7, 11) is 3.59. The lowest BCUT2D eigenvalue weighted by Crippen LogP contribution is -1.91. The number of nitriles is 1. The smallest absolute Gasteiger partial charge is 0.168 e. The molecule has 0 fully saturated rings. The third-order valence-corrected chi connectivity index (χ3v) is 1.89. The van der Waals surface area contributed by atoms with Crippen LogP contribution >= 0.6 is 0 Å². The first kappa shape index (κ1) is 8.44. The van der Waals surface area contributed by atoms with E-state index in [1.807, 2.05) is 13.1 Å². The normalized spacial score (nSPS) is 10.1. The highest BCUT2D eigenvalue weighted by molar-refractivity contribution is 5.60. The lowest BCUT2D eigenvalue weighted by Gasteiger charge is -1.95. The van der Waals surface area contributed by atoms with Gasteiger partial charge >= 0.3 is 0 Å². The number of rotatable bonds is 1. The Hall–Kier alpha value is -2.16. The summed E-state index contributed by atoms with van der Waals surface area (Å²) in [6.45, 7) is 0. The fourth-order valence-corrected chi connectivity index (χ4v) is 1.27. The summed E-state index contributed by atoms with van der Waals surface area (Å²) >= 11 is 0. The number of aromatic nitrogens is 5. The van der Waals surface area contributed by atoms with E-state index in [2.05, 4.69) is 15.3 Å². The van der Waals surface area contributed by atoms with Crippen molar-refractivity contribution in [2.75, 3.05) is 0 Å². The summed E-state index contributed by atoms with van der Waals surface area (Å²) in [6.07, 6.45) is 3.33. The van der Waals surface area contributed by atoms with Gasteiger partial charge < -0.3 is 4.57 Å². The molecule has 0 saturated heterocycles. The summed E-state index contributed by atoms with van der Waals surface area (Å²) in [6, 6.07) is 2.02. The van der Waals surface area contributed by atoms with Crippen molar-refractivity contribution in [1.82, 2.24) is 24.5 Å². The highest BCUT2D eigenvalue weighted by atomic mass is 15.4. The van der Waals surface area contributed by atoms with Gasteiger partial charge in [0.05, 0.1) is 12.5 Å². The maximum absolute atomic E-state index is 8.82. The third kappa shape index (κ3) is 1.15. The zero-order valence-corrected chi connectivity index (χ0v) is 7.84. The molecule has 2 aromatic rings. The molecule has 0 N–H and O–H groups in total. The number of imidazole rings is 1. The van der Waals surface area contributed by atoms with E-state index in [0.29, 0.717) is 17.1 Å². The average molecular weight is 188 g/mol. The standard InChI is InChI=1S/C8H8N6/c1-13-5-10-6(3-9)8(13)7-4-14(2)12-11-7/h4-5H,1-2H3. The predicted molar refractivity (Wildman–Crippen MR) is 47.9 cm³/mol. The first-order chi connectivity index (χ1) is 6.72. The molecule has 0 aliphatic rings. The quantitative estimate of drug-likeness (QED) is 0.635. The molecule has 2 heterocycles. The second-order valence-corrected chi connectivity index (χ2v) is 2.94. The highest BCUT2D eigenvalue weighted by Gasteiger charge is 2.13.